The van der Waals surface area contributed by atoms with Crippen molar-refractivity contribution in [2.24, 2.45) is 0 Å². The van der Waals surface area contributed by atoms with Crippen molar-refractivity contribution < 1.29 is 0 Å². The zero-order valence-electron chi connectivity index (χ0n) is 23.6. The third kappa shape index (κ3) is 2.38. The normalized spacial score (nSPS) is 26.7. The SMILES string of the molecule is Cc1cc2c3c(c1)N1c4c(cccc4C4(C)CCCCC14C)B3c1cccc3c1N2c1ccccc1S3(C)C. The average molecular weight is 527 g/mol. The van der Waals surface area contributed by atoms with E-state index in [0.717, 1.165) is 0 Å². The summed E-state index contributed by atoms with van der Waals surface area (Å²) >= 11 is 0. The van der Waals surface area contributed by atoms with Crippen LogP contribution in [0.3, 0.4) is 0 Å². The molecule has 4 aromatic carbocycles. The fourth-order valence-corrected chi connectivity index (χ4v) is 11.7. The average Bonchev–Trinajstić information content (AvgIpc) is 3.14. The first-order valence-electron chi connectivity index (χ1n) is 14.6. The lowest BCUT2D eigenvalue weighted by Gasteiger charge is -2.54. The molecule has 0 spiro atoms. The molecular weight excluding hydrogens is 491 g/mol. The molecule has 2 atom stereocenters. The number of benzene rings is 4. The van der Waals surface area contributed by atoms with Crippen molar-refractivity contribution in [3.05, 3.63) is 83.9 Å². The van der Waals surface area contributed by atoms with E-state index >= 15 is 0 Å². The van der Waals surface area contributed by atoms with Gasteiger partial charge in [0.2, 0.25) is 0 Å². The van der Waals surface area contributed by atoms with Crippen LogP contribution in [0.4, 0.5) is 28.4 Å². The fourth-order valence-electron chi connectivity index (χ4n) is 9.29. The molecule has 2 unspecified atom stereocenters. The number of aryl methyl sites for hydroxylation is 1. The van der Waals surface area contributed by atoms with Gasteiger partial charge in [-0.3, -0.25) is 0 Å². The molecule has 4 heteroatoms. The molecule has 0 aromatic heterocycles. The van der Waals surface area contributed by atoms with Crippen molar-refractivity contribution in [3.63, 3.8) is 0 Å². The highest BCUT2D eigenvalue weighted by Crippen LogP contribution is 2.68. The number of para-hydroxylation sites is 3. The van der Waals surface area contributed by atoms with E-state index in [1.807, 2.05) is 0 Å². The second-order valence-corrected chi connectivity index (χ2v) is 16.9. The van der Waals surface area contributed by atoms with Crippen LogP contribution in [0.15, 0.2) is 82.6 Å². The Hall–Kier alpha value is -3.11. The van der Waals surface area contributed by atoms with Gasteiger partial charge in [-0.2, -0.15) is 10.0 Å². The molecule has 2 nitrogen and oxygen atoms in total. The van der Waals surface area contributed by atoms with Gasteiger partial charge < -0.3 is 9.80 Å². The third-order valence-corrected chi connectivity index (χ3v) is 14.2. The van der Waals surface area contributed by atoms with E-state index in [2.05, 4.69) is 116 Å². The highest BCUT2D eigenvalue weighted by atomic mass is 32.3. The van der Waals surface area contributed by atoms with Crippen molar-refractivity contribution >= 4 is 61.6 Å². The lowest BCUT2D eigenvalue weighted by atomic mass is 9.33. The van der Waals surface area contributed by atoms with Gasteiger partial charge in [-0.25, -0.2) is 0 Å². The maximum Gasteiger partial charge on any atom is 0.252 e. The van der Waals surface area contributed by atoms with E-state index in [-0.39, 0.29) is 17.7 Å². The Labute approximate surface area is 234 Å². The number of hydrogen-bond donors (Lipinski definition) is 0. The lowest BCUT2D eigenvalue weighted by molar-refractivity contribution is 0.195. The van der Waals surface area contributed by atoms with Gasteiger partial charge in [0.15, 0.2) is 0 Å². The van der Waals surface area contributed by atoms with Crippen molar-refractivity contribution in [2.75, 3.05) is 22.3 Å². The van der Waals surface area contributed by atoms with Gasteiger partial charge in [-0.1, -0.05) is 62.2 Å². The third-order valence-electron chi connectivity index (χ3n) is 11.3. The molecule has 0 saturated heterocycles. The molecule has 4 heterocycles. The molecule has 194 valence electrons. The van der Waals surface area contributed by atoms with E-state index in [0.29, 0.717) is 0 Å². The first kappa shape index (κ1) is 22.7. The van der Waals surface area contributed by atoms with Gasteiger partial charge in [0.1, 0.15) is 0 Å². The smallest absolute Gasteiger partial charge is 0.252 e. The van der Waals surface area contributed by atoms with E-state index in [1.165, 1.54) is 85.9 Å². The minimum atomic E-state index is -1.14. The second-order valence-electron chi connectivity index (χ2n) is 13.4. The molecule has 1 aliphatic carbocycles. The number of nitrogens with zero attached hydrogens (tertiary/aromatic N) is 2. The Morgan fingerprint density at radius 3 is 2.28 bits per heavy atom. The monoisotopic (exact) mass is 526 g/mol. The summed E-state index contributed by atoms with van der Waals surface area (Å²) in [5.41, 5.74) is 14.9. The first-order chi connectivity index (χ1) is 18.8. The number of fused-ring (bicyclic) bond motifs is 9. The molecule has 1 fully saturated rings. The summed E-state index contributed by atoms with van der Waals surface area (Å²) in [7, 11) is -1.14. The van der Waals surface area contributed by atoms with E-state index in [1.54, 1.807) is 5.56 Å². The van der Waals surface area contributed by atoms with Crippen LogP contribution in [0.1, 0.15) is 50.7 Å². The zero-order valence-corrected chi connectivity index (χ0v) is 24.5. The van der Waals surface area contributed by atoms with Gasteiger partial charge in [-0.05, 0) is 97.0 Å². The molecular formula is C35H35BN2S. The van der Waals surface area contributed by atoms with Crippen LogP contribution in [-0.4, -0.2) is 24.8 Å². The quantitative estimate of drug-likeness (QED) is 0.198. The van der Waals surface area contributed by atoms with Crippen LogP contribution in [0.2, 0.25) is 0 Å². The molecule has 0 bridgehead atoms. The molecule has 0 radical (unpaired) electrons. The molecule has 9 rings (SSSR count). The van der Waals surface area contributed by atoms with Crippen LogP contribution in [0.25, 0.3) is 0 Å². The van der Waals surface area contributed by atoms with Crippen LogP contribution >= 0.6 is 10.0 Å². The zero-order chi connectivity index (χ0) is 26.5. The van der Waals surface area contributed by atoms with Crippen molar-refractivity contribution in [3.8, 4) is 0 Å². The van der Waals surface area contributed by atoms with Crippen molar-refractivity contribution in [1.82, 2.24) is 0 Å². The van der Waals surface area contributed by atoms with Gasteiger partial charge in [-0.15, -0.1) is 0 Å². The van der Waals surface area contributed by atoms with Gasteiger partial charge >= 0.3 is 0 Å². The van der Waals surface area contributed by atoms with E-state index in [9.17, 15) is 0 Å². The van der Waals surface area contributed by atoms with Gasteiger partial charge in [0.25, 0.3) is 6.71 Å². The summed E-state index contributed by atoms with van der Waals surface area (Å²) < 4.78 is 0. The summed E-state index contributed by atoms with van der Waals surface area (Å²) in [4.78, 5) is 8.50. The number of anilines is 5. The highest BCUT2D eigenvalue weighted by Gasteiger charge is 2.61. The summed E-state index contributed by atoms with van der Waals surface area (Å²) in [6.07, 6.45) is 10.1. The van der Waals surface area contributed by atoms with E-state index in [4.69, 9.17) is 0 Å². The highest BCUT2D eigenvalue weighted by molar-refractivity contribution is 8.33. The second kappa shape index (κ2) is 6.96. The first-order valence-corrected chi connectivity index (χ1v) is 17.1. The summed E-state index contributed by atoms with van der Waals surface area (Å²) in [6.45, 7) is 7.71. The number of rotatable bonds is 0. The summed E-state index contributed by atoms with van der Waals surface area (Å²) in [5.74, 6) is 0. The maximum atomic E-state index is 2.83. The Kier molecular flexibility index (Phi) is 4.05. The Balaban J connectivity index is 1.45. The van der Waals surface area contributed by atoms with E-state index < -0.39 is 10.0 Å². The topological polar surface area (TPSA) is 6.48 Å². The predicted octanol–water partition coefficient (Wildman–Crippen LogP) is 7.15. The van der Waals surface area contributed by atoms with Crippen LogP contribution in [0.5, 0.6) is 0 Å². The van der Waals surface area contributed by atoms with Crippen molar-refractivity contribution in [2.45, 2.75) is 67.2 Å². The van der Waals surface area contributed by atoms with Crippen molar-refractivity contribution in [1.29, 1.82) is 0 Å². The minimum absolute atomic E-state index is 0.0876. The Bertz CT molecular complexity index is 1770. The summed E-state index contributed by atoms with van der Waals surface area (Å²) in [5, 5.41) is 0. The van der Waals surface area contributed by atoms with Gasteiger partial charge in [0.05, 0.1) is 16.9 Å². The Morgan fingerprint density at radius 1 is 0.744 bits per heavy atom. The van der Waals surface area contributed by atoms with Crippen LogP contribution in [-0.2, 0) is 5.41 Å². The predicted molar refractivity (Wildman–Crippen MR) is 169 cm³/mol. The molecule has 0 N–H and O–H groups in total. The van der Waals surface area contributed by atoms with Crippen LogP contribution in [0, 0.1) is 6.92 Å². The van der Waals surface area contributed by atoms with Crippen LogP contribution < -0.4 is 26.2 Å². The molecule has 1 saturated carbocycles. The van der Waals surface area contributed by atoms with Gasteiger partial charge in [0, 0.05) is 32.3 Å². The largest absolute Gasteiger partial charge is 0.335 e. The number of hydrogen-bond acceptors (Lipinski definition) is 2. The molecule has 4 aliphatic heterocycles. The lowest BCUT2D eigenvalue weighted by Crippen LogP contribution is -2.64. The molecule has 39 heavy (non-hydrogen) atoms. The standard InChI is InChI=1S/C35H35BN2S/c1-22-20-27-31-28(21-22)38-32-23(34(2)18-8-9-19-35(34,38)3)12-10-13-24(32)36(31)25-14-11-17-30-33(25)37(27)26-15-6-7-16-29(26)39(30,4)5/h6-7,10-17,20-21H,8-9,18-19H2,1-5H3. The molecule has 4 aromatic rings. The molecule has 0 amide bonds. The molecule has 5 aliphatic rings. The summed E-state index contributed by atoms with van der Waals surface area (Å²) in [6, 6.07) is 28.7. The Morgan fingerprint density at radius 2 is 1.44 bits per heavy atom. The fraction of sp³-hybridized carbons (Fsp3) is 0.314. The maximum absolute atomic E-state index is 2.83. The minimum Gasteiger partial charge on any atom is -0.335 e.